The molecule has 0 spiro atoms. The molecule has 2 aromatic carbocycles. The SMILES string of the molecule is Cc1ccccc1N=C1NC(=O)/C(=C/c2cn(C)c3ccccc23)S1. The number of fused-ring (bicyclic) bond motifs is 1. The Kier molecular flexibility index (Phi) is 3.93. The van der Waals surface area contributed by atoms with Crippen molar-refractivity contribution >= 4 is 45.5 Å². The Hall–Kier alpha value is -2.79. The minimum Gasteiger partial charge on any atom is -0.350 e. The lowest BCUT2D eigenvalue weighted by Crippen LogP contribution is -2.19. The van der Waals surface area contributed by atoms with Crippen molar-refractivity contribution in [2.24, 2.45) is 12.0 Å². The number of aryl methyl sites for hydroxylation is 2. The Bertz CT molecular complexity index is 1050. The van der Waals surface area contributed by atoms with Gasteiger partial charge in [-0.25, -0.2) is 4.99 Å². The fourth-order valence-electron chi connectivity index (χ4n) is 2.91. The number of thioether (sulfide) groups is 1. The van der Waals surface area contributed by atoms with Crippen LogP contribution in [-0.2, 0) is 11.8 Å². The highest BCUT2D eigenvalue weighted by molar-refractivity contribution is 8.18. The molecule has 1 saturated heterocycles. The molecule has 124 valence electrons. The first kappa shape index (κ1) is 15.7. The molecule has 1 N–H and O–H groups in total. The molecule has 4 nitrogen and oxygen atoms in total. The molecule has 0 atom stereocenters. The molecule has 1 aliphatic rings. The van der Waals surface area contributed by atoms with E-state index in [0.29, 0.717) is 10.1 Å². The highest BCUT2D eigenvalue weighted by Crippen LogP contribution is 2.31. The zero-order chi connectivity index (χ0) is 17.4. The van der Waals surface area contributed by atoms with Crippen molar-refractivity contribution in [2.45, 2.75) is 6.92 Å². The maximum Gasteiger partial charge on any atom is 0.264 e. The average Bonchev–Trinajstić information content (AvgIpc) is 3.11. The summed E-state index contributed by atoms with van der Waals surface area (Å²) in [5, 5.41) is 4.60. The van der Waals surface area contributed by atoms with E-state index >= 15 is 0 Å². The smallest absolute Gasteiger partial charge is 0.264 e. The molecule has 0 bridgehead atoms. The van der Waals surface area contributed by atoms with Crippen LogP contribution < -0.4 is 5.32 Å². The van der Waals surface area contributed by atoms with Gasteiger partial charge in [-0.15, -0.1) is 0 Å². The number of aliphatic imine (C=N–C) groups is 1. The lowest BCUT2D eigenvalue weighted by Gasteiger charge is -1.99. The number of hydrogen-bond donors (Lipinski definition) is 1. The van der Waals surface area contributed by atoms with Crippen molar-refractivity contribution in [3.8, 4) is 0 Å². The third-order valence-corrected chi connectivity index (χ3v) is 5.11. The molecule has 0 unspecified atom stereocenters. The third kappa shape index (κ3) is 2.98. The van der Waals surface area contributed by atoms with Crippen LogP contribution in [-0.4, -0.2) is 15.6 Å². The van der Waals surface area contributed by atoms with Crippen LogP contribution in [0.15, 0.2) is 64.6 Å². The van der Waals surface area contributed by atoms with Crippen molar-refractivity contribution in [3.63, 3.8) is 0 Å². The Morgan fingerprint density at radius 3 is 2.72 bits per heavy atom. The Morgan fingerprint density at radius 2 is 1.88 bits per heavy atom. The van der Waals surface area contributed by atoms with Gasteiger partial charge in [-0.05, 0) is 42.5 Å². The van der Waals surface area contributed by atoms with Crippen LogP contribution in [0.4, 0.5) is 5.69 Å². The second kappa shape index (κ2) is 6.26. The number of nitrogens with one attached hydrogen (secondary N) is 1. The first-order valence-corrected chi connectivity index (χ1v) is 8.83. The predicted molar refractivity (Wildman–Crippen MR) is 105 cm³/mol. The number of nitrogens with zero attached hydrogens (tertiary/aromatic N) is 2. The maximum absolute atomic E-state index is 12.3. The second-order valence-electron chi connectivity index (χ2n) is 5.98. The molecule has 1 aliphatic heterocycles. The van der Waals surface area contributed by atoms with Crippen molar-refractivity contribution in [2.75, 3.05) is 0 Å². The highest BCUT2D eigenvalue weighted by Gasteiger charge is 2.24. The molecular weight excluding hydrogens is 330 g/mol. The highest BCUT2D eigenvalue weighted by atomic mass is 32.2. The van der Waals surface area contributed by atoms with E-state index in [0.717, 1.165) is 27.7 Å². The van der Waals surface area contributed by atoms with E-state index in [1.807, 2.05) is 62.6 Å². The summed E-state index contributed by atoms with van der Waals surface area (Å²) in [5.74, 6) is -0.106. The summed E-state index contributed by atoms with van der Waals surface area (Å²) in [6.45, 7) is 2.01. The molecule has 25 heavy (non-hydrogen) atoms. The molecular formula is C20H17N3OS. The minimum absolute atomic E-state index is 0.106. The standard InChI is InChI=1S/C20H17N3OS/c1-13-7-3-5-9-16(13)21-20-22-19(24)18(25-20)11-14-12-23(2)17-10-6-4-8-15(14)17/h3-12H,1-2H3,(H,21,22,24)/b18-11-. The Balaban J connectivity index is 1.69. The largest absolute Gasteiger partial charge is 0.350 e. The number of carbonyl (C=O) groups excluding carboxylic acids is 1. The number of hydrogen-bond acceptors (Lipinski definition) is 3. The van der Waals surface area contributed by atoms with Crippen molar-refractivity contribution in [1.29, 1.82) is 0 Å². The second-order valence-corrected chi connectivity index (χ2v) is 7.01. The van der Waals surface area contributed by atoms with Crippen LogP contribution in [0.2, 0.25) is 0 Å². The fourth-order valence-corrected chi connectivity index (χ4v) is 3.73. The lowest BCUT2D eigenvalue weighted by molar-refractivity contribution is -0.115. The summed E-state index contributed by atoms with van der Waals surface area (Å²) in [6.07, 6.45) is 3.98. The molecule has 1 aromatic heterocycles. The Labute approximate surface area is 150 Å². The number of benzene rings is 2. The van der Waals surface area contributed by atoms with Crippen molar-refractivity contribution < 1.29 is 4.79 Å². The lowest BCUT2D eigenvalue weighted by atomic mass is 10.1. The summed E-state index contributed by atoms with van der Waals surface area (Å²) in [7, 11) is 2.01. The molecule has 1 fully saturated rings. The van der Waals surface area contributed by atoms with Gasteiger partial charge in [0.15, 0.2) is 5.17 Å². The topological polar surface area (TPSA) is 46.4 Å². The maximum atomic E-state index is 12.3. The molecule has 2 heterocycles. The van der Waals surface area contributed by atoms with Crippen LogP contribution in [0.3, 0.4) is 0 Å². The number of carbonyl (C=O) groups is 1. The van der Waals surface area contributed by atoms with Gasteiger partial charge in [0.25, 0.3) is 5.91 Å². The third-order valence-electron chi connectivity index (χ3n) is 4.20. The average molecular weight is 347 g/mol. The van der Waals surface area contributed by atoms with Gasteiger partial charge in [-0.1, -0.05) is 36.4 Å². The molecule has 4 rings (SSSR count). The number of rotatable bonds is 2. The summed E-state index contributed by atoms with van der Waals surface area (Å²) in [4.78, 5) is 17.5. The van der Waals surface area contributed by atoms with Crippen LogP contribution in [0.25, 0.3) is 17.0 Å². The molecule has 3 aromatic rings. The van der Waals surface area contributed by atoms with Crippen LogP contribution in [0.5, 0.6) is 0 Å². The van der Waals surface area contributed by atoms with Gasteiger partial charge < -0.3 is 9.88 Å². The number of amides is 1. The minimum atomic E-state index is -0.106. The van der Waals surface area contributed by atoms with Gasteiger partial charge in [-0.2, -0.15) is 0 Å². The summed E-state index contributed by atoms with van der Waals surface area (Å²) < 4.78 is 2.07. The molecule has 0 saturated carbocycles. The fraction of sp³-hybridized carbons (Fsp3) is 0.100. The van der Waals surface area contributed by atoms with Gasteiger partial charge in [0, 0.05) is 29.7 Å². The van der Waals surface area contributed by atoms with Crippen LogP contribution in [0, 0.1) is 6.92 Å². The van der Waals surface area contributed by atoms with Gasteiger partial charge in [0.1, 0.15) is 0 Å². The van der Waals surface area contributed by atoms with E-state index in [4.69, 9.17) is 0 Å². The van der Waals surface area contributed by atoms with Gasteiger partial charge in [0.05, 0.1) is 10.6 Å². The molecule has 0 radical (unpaired) electrons. The summed E-state index contributed by atoms with van der Waals surface area (Å²) in [5.41, 5.74) is 4.13. The molecule has 5 heteroatoms. The number of aromatic nitrogens is 1. The van der Waals surface area contributed by atoms with E-state index in [1.54, 1.807) is 0 Å². The van der Waals surface area contributed by atoms with E-state index in [-0.39, 0.29) is 5.91 Å². The first-order valence-electron chi connectivity index (χ1n) is 8.01. The van der Waals surface area contributed by atoms with Crippen LogP contribution >= 0.6 is 11.8 Å². The zero-order valence-electron chi connectivity index (χ0n) is 14.0. The summed E-state index contributed by atoms with van der Waals surface area (Å²) >= 11 is 1.38. The van der Waals surface area contributed by atoms with E-state index in [1.165, 1.54) is 11.8 Å². The monoisotopic (exact) mass is 347 g/mol. The van der Waals surface area contributed by atoms with E-state index in [9.17, 15) is 4.79 Å². The number of amidine groups is 1. The van der Waals surface area contributed by atoms with E-state index in [2.05, 4.69) is 27.0 Å². The quantitative estimate of drug-likeness (QED) is 0.699. The predicted octanol–water partition coefficient (Wildman–Crippen LogP) is 4.38. The summed E-state index contributed by atoms with van der Waals surface area (Å²) in [6, 6.07) is 16.0. The van der Waals surface area contributed by atoms with Gasteiger partial charge in [0.2, 0.25) is 0 Å². The number of para-hydroxylation sites is 2. The molecule has 1 amide bonds. The van der Waals surface area contributed by atoms with Crippen molar-refractivity contribution in [3.05, 3.63) is 70.8 Å². The zero-order valence-corrected chi connectivity index (χ0v) is 14.8. The molecule has 0 aliphatic carbocycles. The normalized spacial score (nSPS) is 17.6. The van der Waals surface area contributed by atoms with E-state index < -0.39 is 0 Å². The van der Waals surface area contributed by atoms with Gasteiger partial charge in [-0.3, -0.25) is 4.79 Å². The van der Waals surface area contributed by atoms with Crippen LogP contribution in [0.1, 0.15) is 11.1 Å². The van der Waals surface area contributed by atoms with Crippen molar-refractivity contribution in [1.82, 2.24) is 9.88 Å². The van der Waals surface area contributed by atoms with Gasteiger partial charge >= 0.3 is 0 Å². The first-order chi connectivity index (χ1) is 12.1. The Morgan fingerprint density at radius 1 is 1.12 bits per heavy atom.